The first-order valence-electron chi connectivity index (χ1n) is 12.7. The molecule has 1 heterocycles. The fourth-order valence-corrected chi connectivity index (χ4v) is 7.41. The minimum Gasteiger partial charge on any atom is -0.396 e. The first-order chi connectivity index (χ1) is 17.1. The number of amides is 2. The van der Waals surface area contributed by atoms with Crippen molar-refractivity contribution in [1.82, 2.24) is 9.88 Å². The van der Waals surface area contributed by atoms with Crippen molar-refractivity contribution < 1.29 is 24.2 Å². The maximum absolute atomic E-state index is 13.3. The molecule has 0 saturated heterocycles. The Morgan fingerprint density at radius 2 is 1.89 bits per heavy atom. The van der Waals surface area contributed by atoms with Crippen LogP contribution in [0.15, 0.2) is 24.3 Å². The van der Waals surface area contributed by atoms with Gasteiger partial charge in [-0.15, -0.1) is 11.3 Å². The molecule has 7 nitrogen and oxygen atoms in total. The molecular formula is C27H36FN3O4S. The lowest BCUT2D eigenvalue weighted by molar-refractivity contribution is -0.147. The molecule has 36 heavy (non-hydrogen) atoms. The van der Waals surface area contributed by atoms with Crippen LogP contribution in [-0.2, 0) is 11.2 Å². The molecule has 2 aromatic rings. The van der Waals surface area contributed by atoms with Gasteiger partial charge in [0.2, 0.25) is 5.91 Å². The van der Waals surface area contributed by atoms with Gasteiger partial charge in [-0.25, -0.2) is 9.37 Å². The molecule has 196 valence electrons. The summed E-state index contributed by atoms with van der Waals surface area (Å²) in [6.45, 7) is 9.13. The van der Waals surface area contributed by atoms with Gasteiger partial charge in [-0.2, -0.15) is 0 Å². The summed E-state index contributed by atoms with van der Waals surface area (Å²) < 4.78 is 13.3. The normalized spacial score (nSPS) is 29.2. The van der Waals surface area contributed by atoms with E-state index in [2.05, 4.69) is 12.2 Å². The molecule has 1 saturated carbocycles. The zero-order valence-electron chi connectivity index (χ0n) is 21.4. The van der Waals surface area contributed by atoms with Crippen molar-refractivity contribution >= 4 is 28.3 Å². The van der Waals surface area contributed by atoms with Crippen LogP contribution in [0.25, 0.3) is 0 Å². The average Bonchev–Trinajstić information content (AvgIpc) is 3.26. The van der Waals surface area contributed by atoms with Crippen molar-refractivity contribution in [1.29, 1.82) is 0 Å². The number of aliphatic hydroxyl groups excluding tert-OH is 2. The van der Waals surface area contributed by atoms with E-state index in [0.29, 0.717) is 36.6 Å². The van der Waals surface area contributed by atoms with Crippen LogP contribution in [0.5, 0.6) is 0 Å². The number of fused-ring (bicyclic) bond motifs is 2. The number of carbonyl (C=O) groups excluding carboxylic acids is 2. The smallest absolute Gasteiger partial charge is 0.257 e. The number of carbonyl (C=O) groups is 2. The van der Waals surface area contributed by atoms with E-state index >= 15 is 0 Å². The van der Waals surface area contributed by atoms with Gasteiger partial charge in [0.15, 0.2) is 5.13 Å². The number of benzene rings is 1. The number of halogens is 1. The van der Waals surface area contributed by atoms with Crippen molar-refractivity contribution in [3.8, 4) is 0 Å². The standard InChI is InChI=1S/C27H36FN3O4S/c1-5-31(6-2)22(34)13-18-23-19(14-20-26(18,3)12-11-21(33)27(20,4)15-32)36-25(29-23)30-24(35)16-7-9-17(28)10-8-16/h7-10,18,20-21,32-33H,5-6,11-15H2,1-4H3,(H,29,30,35)/t18-,20+,21-,26+,27+/m1/s1. The third kappa shape index (κ3) is 4.57. The van der Waals surface area contributed by atoms with Crippen molar-refractivity contribution in [3.05, 3.63) is 46.2 Å². The summed E-state index contributed by atoms with van der Waals surface area (Å²) in [6, 6.07) is 5.33. The van der Waals surface area contributed by atoms with Crippen LogP contribution >= 0.6 is 11.3 Å². The lowest BCUT2D eigenvalue weighted by atomic mass is 9.47. The molecule has 1 aromatic carbocycles. The Balaban J connectivity index is 1.72. The average molecular weight is 518 g/mol. The highest BCUT2D eigenvalue weighted by atomic mass is 32.1. The second-order valence-corrected chi connectivity index (χ2v) is 11.7. The summed E-state index contributed by atoms with van der Waals surface area (Å²) in [4.78, 5) is 33.7. The zero-order chi connectivity index (χ0) is 26.3. The van der Waals surface area contributed by atoms with Gasteiger partial charge in [0.25, 0.3) is 5.91 Å². The van der Waals surface area contributed by atoms with Crippen molar-refractivity contribution in [3.63, 3.8) is 0 Å². The van der Waals surface area contributed by atoms with Gasteiger partial charge in [-0.05, 0) is 68.7 Å². The van der Waals surface area contributed by atoms with Crippen molar-refractivity contribution in [2.45, 2.75) is 65.4 Å². The van der Waals surface area contributed by atoms with Crippen LogP contribution in [0.4, 0.5) is 9.52 Å². The molecule has 0 radical (unpaired) electrons. The van der Waals surface area contributed by atoms with Gasteiger partial charge >= 0.3 is 0 Å². The quantitative estimate of drug-likeness (QED) is 0.511. The third-order valence-electron chi connectivity index (χ3n) is 8.72. The predicted molar refractivity (Wildman–Crippen MR) is 137 cm³/mol. The first-order valence-corrected chi connectivity index (χ1v) is 13.5. The van der Waals surface area contributed by atoms with E-state index in [-0.39, 0.29) is 42.1 Å². The Kier molecular flexibility index (Phi) is 7.55. The van der Waals surface area contributed by atoms with Crippen LogP contribution in [-0.4, -0.2) is 57.7 Å². The minimum atomic E-state index is -0.706. The van der Waals surface area contributed by atoms with E-state index in [1.807, 2.05) is 25.7 Å². The molecule has 4 rings (SSSR count). The SMILES string of the molecule is CCN(CC)C(=O)C[C@@H]1c2nc(NC(=O)c3ccc(F)cc3)sc2C[C@@H]2[C@](C)(CO)[C@H](O)CC[C@]21C. The van der Waals surface area contributed by atoms with Gasteiger partial charge in [-0.1, -0.05) is 13.8 Å². The monoisotopic (exact) mass is 517 g/mol. The van der Waals surface area contributed by atoms with Gasteiger partial charge in [-0.3, -0.25) is 14.9 Å². The number of nitrogens with zero attached hydrogens (tertiary/aromatic N) is 2. The fraction of sp³-hybridized carbons (Fsp3) is 0.593. The molecule has 3 N–H and O–H groups in total. The second kappa shape index (κ2) is 10.2. The maximum Gasteiger partial charge on any atom is 0.257 e. The minimum absolute atomic E-state index is 0.0538. The molecule has 9 heteroatoms. The molecule has 1 aromatic heterocycles. The number of aliphatic hydroxyl groups is 2. The van der Waals surface area contributed by atoms with E-state index in [1.165, 1.54) is 35.6 Å². The first kappa shape index (κ1) is 26.7. The number of hydrogen-bond acceptors (Lipinski definition) is 6. The van der Waals surface area contributed by atoms with Crippen LogP contribution in [0, 0.1) is 22.6 Å². The highest BCUT2D eigenvalue weighted by Crippen LogP contribution is 2.62. The highest BCUT2D eigenvalue weighted by molar-refractivity contribution is 7.15. The van der Waals surface area contributed by atoms with Gasteiger partial charge in [0.05, 0.1) is 18.4 Å². The van der Waals surface area contributed by atoms with Crippen LogP contribution < -0.4 is 5.32 Å². The van der Waals surface area contributed by atoms with E-state index in [9.17, 15) is 24.2 Å². The molecule has 1 fully saturated rings. The molecular weight excluding hydrogens is 481 g/mol. The summed E-state index contributed by atoms with van der Waals surface area (Å²) in [5, 5.41) is 24.6. The van der Waals surface area contributed by atoms with Crippen molar-refractivity contribution in [2.75, 3.05) is 25.0 Å². The van der Waals surface area contributed by atoms with E-state index in [1.54, 1.807) is 0 Å². The lowest BCUT2D eigenvalue weighted by Crippen LogP contribution is -2.57. The molecule has 0 aliphatic heterocycles. The number of aromatic nitrogens is 1. The summed E-state index contributed by atoms with van der Waals surface area (Å²) in [6.07, 6.45) is 1.53. The van der Waals surface area contributed by atoms with Crippen LogP contribution in [0.2, 0.25) is 0 Å². The number of hydrogen-bond donors (Lipinski definition) is 3. The van der Waals surface area contributed by atoms with E-state index in [4.69, 9.17) is 4.98 Å². The molecule has 5 atom stereocenters. The molecule has 0 spiro atoms. The van der Waals surface area contributed by atoms with Crippen LogP contribution in [0.1, 0.15) is 73.8 Å². The Morgan fingerprint density at radius 1 is 1.22 bits per heavy atom. The number of thiazole rings is 1. The third-order valence-corrected chi connectivity index (χ3v) is 9.72. The fourth-order valence-electron chi connectivity index (χ4n) is 6.35. The van der Waals surface area contributed by atoms with Crippen molar-refractivity contribution in [2.24, 2.45) is 16.7 Å². The summed E-state index contributed by atoms with van der Waals surface area (Å²) in [7, 11) is 0. The van der Waals surface area contributed by atoms with Gasteiger partial charge < -0.3 is 15.1 Å². The molecule has 0 unspecified atom stereocenters. The van der Waals surface area contributed by atoms with Crippen LogP contribution in [0.3, 0.4) is 0 Å². The lowest BCUT2D eigenvalue weighted by Gasteiger charge is -2.58. The summed E-state index contributed by atoms with van der Waals surface area (Å²) in [5.41, 5.74) is 0.0985. The number of anilines is 1. The Bertz CT molecular complexity index is 1120. The zero-order valence-corrected chi connectivity index (χ0v) is 22.2. The number of rotatable bonds is 7. The summed E-state index contributed by atoms with van der Waals surface area (Å²) >= 11 is 1.37. The van der Waals surface area contributed by atoms with E-state index < -0.39 is 17.3 Å². The maximum atomic E-state index is 13.3. The highest BCUT2D eigenvalue weighted by Gasteiger charge is 2.59. The molecule has 2 aliphatic rings. The Labute approximate surface area is 215 Å². The molecule has 2 aliphatic carbocycles. The van der Waals surface area contributed by atoms with Gasteiger partial charge in [0, 0.05) is 41.3 Å². The van der Waals surface area contributed by atoms with Gasteiger partial charge in [0.1, 0.15) is 5.82 Å². The number of nitrogens with one attached hydrogen (secondary N) is 1. The van der Waals surface area contributed by atoms with E-state index in [0.717, 1.165) is 17.0 Å². The second-order valence-electron chi connectivity index (χ2n) is 10.6. The predicted octanol–water partition coefficient (Wildman–Crippen LogP) is 4.21. The topological polar surface area (TPSA) is 103 Å². The largest absolute Gasteiger partial charge is 0.396 e. The Morgan fingerprint density at radius 3 is 2.50 bits per heavy atom. The summed E-state index contributed by atoms with van der Waals surface area (Å²) in [5.74, 6) is -0.995. The molecule has 2 amide bonds. The molecule has 0 bridgehead atoms. The Hall–Kier alpha value is -2.36.